The number of anilines is 1. The summed E-state index contributed by atoms with van der Waals surface area (Å²) in [5.41, 5.74) is 1.09. The summed E-state index contributed by atoms with van der Waals surface area (Å²) in [6, 6.07) is 5.67. The normalized spacial score (nSPS) is 12.0. The van der Waals surface area contributed by atoms with Gasteiger partial charge in [0.25, 0.3) is 0 Å². The molecule has 0 bridgehead atoms. The van der Waals surface area contributed by atoms with E-state index in [2.05, 4.69) is 20.0 Å². The number of benzene rings is 1. The first-order valence-electron chi connectivity index (χ1n) is 6.29. The SMILES string of the molecule is COC(=O)c1cncc(NCc2cccc3c2OCO3)n1. The molecule has 2 heterocycles. The molecule has 0 atom stereocenters. The van der Waals surface area contributed by atoms with Gasteiger partial charge in [-0.15, -0.1) is 0 Å². The Balaban J connectivity index is 1.74. The molecule has 1 aliphatic rings. The summed E-state index contributed by atoms with van der Waals surface area (Å²) in [7, 11) is 1.30. The Hall–Kier alpha value is -2.83. The zero-order chi connectivity index (χ0) is 14.7. The van der Waals surface area contributed by atoms with Gasteiger partial charge in [0.1, 0.15) is 5.82 Å². The molecule has 21 heavy (non-hydrogen) atoms. The van der Waals surface area contributed by atoms with Crippen LogP contribution in [-0.4, -0.2) is 29.8 Å². The number of para-hydroxylation sites is 1. The standard InChI is InChI=1S/C14H13N3O4/c1-19-14(18)10-6-15-7-12(17-10)16-5-9-3-2-4-11-13(9)21-8-20-11/h2-4,6-7H,5,8H2,1H3,(H,16,17). The fraction of sp³-hybridized carbons (Fsp3) is 0.214. The minimum absolute atomic E-state index is 0.153. The Labute approximate surface area is 120 Å². The molecule has 0 aliphatic carbocycles. The zero-order valence-corrected chi connectivity index (χ0v) is 11.3. The molecule has 7 heteroatoms. The second kappa shape index (κ2) is 5.66. The van der Waals surface area contributed by atoms with Crippen LogP contribution in [0.5, 0.6) is 11.5 Å². The van der Waals surface area contributed by atoms with Gasteiger partial charge in [-0.2, -0.15) is 0 Å². The molecule has 108 valence electrons. The highest BCUT2D eigenvalue weighted by Crippen LogP contribution is 2.35. The number of fused-ring (bicyclic) bond motifs is 1. The first-order valence-corrected chi connectivity index (χ1v) is 6.29. The second-order valence-electron chi connectivity index (χ2n) is 4.29. The van der Waals surface area contributed by atoms with Gasteiger partial charge in [-0.25, -0.2) is 9.78 Å². The van der Waals surface area contributed by atoms with Gasteiger partial charge in [-0.05, 0) is 6.07 Å². The molecule has 1 aromatic heterocycles. The molecule has 0 fully saturated rings. The van der Waals surface area contributed by atoms with E-state index in [1.54, 1.807) is 0 Å². The van der Waals surface area contributed by atoms with E-state index < -0.39 is 5.97 Å². The van der Waals surface area contributed by atoms with Crippen molar-refractivity contribution in [3.05, 3.63) is 41.9 Å². The monoisotopic (exact) mass is 287 g/mol. The molecule has 0 amide bonds. The van der Waals surface area contributed by atoms with E-state index in [0.717, 1.165) is 17.1 Å². The van der Waals surface area contributed by atoms with Gasteiger partial charge in [0.2, 0.25) is 6.79 Å². The van der Waals surface area contributed by atoms with Crippen molar-refractivity contribution in [2.24, 2.45) is 0 Å². The van der Waals surface area contributed by atoms with E-state index >= 15 is 0 Å². The van der Waals surface area contributed by atoms with Crippen molar-refractivity contribution in [3.8, 4) is 11.5 Å². The first kappa shape index (κ1) is 13.2. The number of nitrogens with zero attached hydrogens (tertiary/aromatic N) is 2. The Morgan fingerprint density at radius 2 is 2.29 bits per heavy atom. The molecule has 7 nitrogen and oxygen atoms in total. The van der Waals surface area contributed by atoms with Crippen LogP contribution in [0.1, 0.15) is 16.1 Å². The number of esters is 1. The van der Waals surface area contributed by atoms with E-state index in [9.17, 15) is 4.79 Å². The van der Waals surface area contributed by atoms with Gasteiger partial charge in [0, 0.05) is 12.1 Å². The molecule has 0 unspecified atom stereocenters. The zero-order valence-electron chi connectivity index (χ0n) is 11.3. The number of carbonyl (C=O) groups excluding carboxylic acids is 1. The summed E-state index contributed by atoms with van der Waals surface area (Å²) < 4.78 is 15.4. The maximum atomic E-state index is 11.4. The minimum atomic E-state index is -0.525. The van der Waals surface area contributed by atoms with E-state index in [-0.39, 0.29) is 12.5 Å². The van der Waals surface area contributed by atoms with Gasteiger partial charge in [0.15, 0.2) is 17.2 Å². The third kappa shape index (κ3) is 2.71. The van der Waals surface area contributed by atoms with Gasteiger partial charge < -0.3 is 19.5 Å². The molecule has 0 spiro atoms. The van der Waals surface area contributed by atoms with Crippen molar-refractivity contribution in [2.45, 2.75) is 6.54 Å². The highest BCUT2D eigenvalue weighted by molar-refractivity contribution is 5.87. The Bertz CT molecular complexity index is 675. The van der Waals surface area contributed by atoms with Gasteiger partial charge in [0.05, 0.1) is 19.5 Å². The van der Waals surface area contributed by atoms with Gasteiger partial charge in [-0.3, -0.25) is 4.98 Å². The van der Waals surface area contributed by atoms with Crippen molar-refractivity contribution < 1.29 is 19.0 Å². The quantitative estimate of drug-likeness (QED) is 0.855. The van der Waals surface area contributed by atoms with Gasteiger partial charge >= 0.3 is 5.97 Å². The maximum Gasteiger partial charge on any atom is 0.358 e. The van der Waals surface area contributed by atoms with Gasteiger partial charge in [-0.1, -0.05) is 12.1 Å². The molecule has 1 aromatic carbocycles. The molecule has 2 aromatic rings. The predicted molar refractivity (Wildman–Crippen MR) is 73.3 cm³/mol. The molecular formula is C14H13N3O4. The summed E-state index contributed by atoms with van der Waals surface area (Å²) in [5, 5.41) is 3.09. The molecule has 0 saturated heterocycles. The Morgan fingerprint density at radius 3 is 3.14 bits per heavy atom. The summed E-state index contributed by atoms with van der Waals surface area (Å²) in [6.45, 7) is 0.704. The Morgan fingerprint density at radius 1 is 1.38 bits per heavy atom. The summed E-state index contributed by atoms with van der Waals surface area (Å²) in [6.07, 6.45) is 2.89. The van der Waals surface area contributed by atoms with Crippen molar-refractivity contribution in [2.75, 3.05) is 19.2 Å². The lowest BCUT2D eigenvalue weighted by Gasteiger charge is -2.08. The van der Waals surface area contributed by atoms with E-state index in [4.69, 9.17) is 9.47 Å². The smallest absolute Gasteiger partial charge is 0.358 e. The van der Waals surface area contributed by atoms with Crippen LogP contribution in [0.15, 0.2) is 30.6 Å². The lowest BCUT2D eigenvalue weighted by atomic mass is 10.2. The van der Waals surface area contributed by atoms with Crippen LogP contribution in [0.3, 0.4) is 0 Å². The summed E-state index contributed by atoms with van der Waals surface area (Å²) >= 11 is 0. The fourth-order valence-corrected chi connectivity index (χ4v) is 1.97. The first-order chi connectivity index (χ1) is 10.3. The summed E-state index contributed by atoms with van der Waals surface area (Å²) in [5.74, 6) is 1.41. The number of aromatic nitrogens is 2. The third-order valence-electron chi connectivity index (χ3n) is 2.97. The van der Waals surface area contributed by atoms with Crippen LogP contribution in [0.25, 0.3) is 0 Å². The molecule has 0 radical (unpaired) electrons. The fourth-order valence-electron chi connectivity index (χ4n) is 1.97. The highest BCUT2D eigenvalue weighted by Gasteiger charge is 2.17. The van der Waals surface area contributed by atoms with Crippen LogP contribution in [0, 0.1) is 0 Å². The lowest BCUT2D eigenvalue weighted by molar-refractivity contribution is 0.0593. The van der Waals surface area contributed by atoms with E-state index in [1.165, 1.54) is 19.5 Å². The topological polar surface area (TPSA) is 82.6 Å². The second-order valence-corrected chi connectivity index (χ2v) is 4.29. The number of nitrogens with one attached hydrogen (secondary N) is 1. The van der Waals surface area contributed by atoms with Crippen molar-refractivity contribution in [3.63, 3.8) is 0 Å². The average Bonchev–Trinajstić information content (AvgIpc) is 3.01. The van der Waals surface area contributed by atoms with Crippen LogP contribution in [0.2, 0.25) is 0 Å². The molecule has 1 aliphatic heterocycles. The number of hydrogen-bond acceptors (Lipinski definition) is 7. The lowest BCUT2D eigenvalue weighted by Crippen LogP contribution is -2.08. The predicted octanol–water partition coefficient (Wildman–Crippen LogP) is 1.60. The number of ether oxygens (including phenoxy) is 3. The number of hydrogen-bond donors (Lipinski definition) is 1. The summed E-state index contributed by atoms with van der Waals surface area (Å²) in [4.78, 5) is 19.5. The average molecular weight is 287 g/mol. The molecule has 3 rings (SSSR count). The van der Waals surface area contributed by atoms with Crippen molar-refractivity contribution in [1.82, 2.24) is 9.97 Å². The Kier molecular flexibility index (Phi) is 3.55. The highest BCUT2D eigenvalue weighted by atomic mass is 16.7. The van der Waals surface area contributed by atoms with Crippen LogP contribution in [0.4, 0.5) is 5.82 Å². The molecule has 0 saturated carbocycles. The van der Waals surface area contributed by atoms with Crippen molar-refractivity contribution >= 4 is 11.8 Å². The maximum absolute atomic E-state index is 11.4. The van der Waals surface area contributed by atoms with Crippen LogP contribution < -0.4 is 14.8 Å². The number of rotatable bonds is 4. The number of methoxy groups -OCH3 is 1. The van der Waals surface area contributed by atoms with E-state index in [0.29, 0.717) is 12.4 Å². The third-order valence-corrected chi connectivity index (χ3v) is 2.97. The number of carbonyl (C=O) groups is 1. The molecular weight excluding hydrogens is 274 g/mol. The largest absolute Gasteiger partial charge is 0.464 e. The van der Waals surface area contributed by atoms with Crippen LogP contribution in [-0.2, 0) is 11.3 Å². The van der Waals surface area contributed by atoms with Crippen LogP contribution >= 0.6 is 0 Å². The minimum Gasteiger partial charge on any atom is -0.464 e. The molecule has 1 N–H and O–H groups in total. The van der Waals surface area contributed by atoms with Crippen molar-refractivity contribution in [1.29, 1.82) is 0 Å². The van der Waals surface area contributed by atoms with E-state index in [1.807, 2.05) is 18.2 Å².